The van der Waals surface area contributed by atoms with E-state index >= 15 is 0 Å². The summed E-state index contributed by atoms with van der Waals surface area (Å²) in [7, 11) is -18.6. The molecule has 0 radical (unpaired) electrons. The van der Waals surface area contributed by atoms with Gasteiger partial charge in [-0.1, -0.05) is 16.6 Å². The summed E-state index contributed by atoms with van der Waals surface area (Å²) >= 11 is 5.90. The molecule has 5 aromatic rings. The number of nitrogens with zero attached hydrogens (tertiary/aromatic N) is 6. The Morgan fingerprint density at radius 3 is 2.08 bits per heavy atom. The molecule has 6 heterocycles. The van der Waals surface area contributed by atoms with Crippen LogP contribution in [0.3, 0.4) is 0 Å². The fourth-order valence-electron chi connectivity index (χ4n) is 6.28. The van der Waals surface area contributed by atoms with Crippen LogP contribution in [0.25, 0.3) is 22.3 Å². The summed E-state index contributed by atoms with van der Waals surface area (Å²) in [6.07, 6.45) is -11.8. The second-order valence-corrected chi connectivity index (χ2v) is 18.0. The van der Waals surface area contributed by atoms with Crippen molar-refractivity contribution in [1.29, 1.82) is 0 Å². The van der Waals surface area contributed by atoms with E-state index in [0.29, 0.717) is 10.8 Å². The number of phosphoric acid groups is 3. The van der Waals surface area contributed by atoms with E-state index in [2.05, 4.69) is 42.6 Å². The van der Waals surface area contributed by atoms with Gasteiger partial charge in [-0.2, -0.15) is 4.98 Å². The number of aliphatic hydroxyl groups excluding tert-OH is 4. The molecule has 3 unspecified atom stereocenters. The van der Waals surface area contributed by atoms with Gasteiger partial charge in [-0.3, -0.25) is 42.4 Å². The number of hydrogen-bond acceptors (Lipinski definition) is 24. The lowest BCUT2D eigenvalue weighted by atomic mass is 10.1. The fourth-order valence-corrected chi connectivity index (χ4v) is 9.79. The number of halogens is 1. The van der Waals surface area contributed by atoms with Crippen molar-refractivity contribution in [3.05, 3.63) is 62.7 Å². The minimum absolute atomic E-state index is 0.00927. The number of aliphatic hydroxyl groups is 4. The van der Waals surface area contributed by atoms with Crippen LogP contribution in [0.2, 0.25) is 5.02 Å². The van der Waals surface area contributed by atoms with Crippen molar-refractivity contribution in [2.75, 3.05) is 31.3 Å². The monoisotopic (exact) mass is 940 g/mol. The van der Waals surface area contributed by atoms with E-state index in [4.69, 9.17) is 37.3 Å². The summed E-state index contributed by atoms with van der Waals surface area (Å²) in [5.41, 5.74) is 9.20. The van der Waals surface area contributed by atoms with Gasteiger partial charge in [0.05, 0.1) is 19.5 Å². The molecule has 1 aromatic carbocycles. The van der Waals surface area contributed by atoms with Crippen molar-refractivity contribution in [2.45, 2.75) is 55.6 Å². The van der Waals surface area contributed by atoms with Gasteiger partial charge in [-0.15, -0.1) is 0 Å². The van der Waals surface area contributed by atoms with Gasteiger partial charge in [0.15, 0.2) is 23.7 Å². The molecule has 33 heteroatoms. The van der Waals surface area contributed by atoms with Crippen LogP contribution in [0.5, 0.6) is 5.75 Å². The maximum atomic E-state index is 12.9. The van der Waals surface area contributed by atoms with Crippen LogP contribution < -0.4 is 46.6 Å². The van der Waals surface area contributed by atoms with Gasteiger partial charge in [0.2, 0.25) is 17.7 Å². The molecule has 2 fully saturated rings. The molecule has 0 amide bonds. The molecule has 29 nitrogen and oxygen atoms in total. The first kappa shape index (κ1) is 44.8. The van der Waals surface area contributed by atoms with E-state index in [0.717, 1.165) is 15.5 Å². The van der Waals surface area contributed by atoms with E-state index in [1.165, 1.54) is 10.9 Å². The molecular weight excluding hydrogens is 909 g/mol. The van der Waals surface area contributed by atoms with Crippen LogP contribution in [0, 0.1) is 0 Å². The molecule has 7 rings (SSSR count). The number of imidazole rings is 2. The Morgan fingerprint density at radius 1 is 0.836 bits per heavy atom. The number of hydrogen-bond donors (Lipinski definition) is 8. The fraction of sp³-hybridized carbons (Fsp3) is 0.429. The zero-order chi connectivity index (χ0) is 44.2. The Bertz CT molecular complexity index is 2700. The number of ether oxygens (including phenoxy) is 3. The number of rotatable bonds is 16. The van der Waals surface area contributed by atoms with Gasteiger partial charge >= 0.3 is 5.65 Å². The number of aromatic nitrogens is 8. The number of H-pyrrole nitrogens is 2. The third kappa shape index (κ3) is 9.73. The number of anilines is 2. The SMILES string of the molecule is Nc1nc2c(ncn2[C@@H]2O[C@H](COP(=O)([O-])OP(=O)([O-])OP(=O)([O-])OC[C@H]3O[C@@H]([n+]4cn(CCOc5ccc(Cl)cc5)c5c(=O)[nH]c(N)nc54)[C@@H](O)[C@@H]3O)[C@@H](O)[C@H]2O)c(=O)[nH]1. The number of benzene rings is 1. The van der Waals surface area contributed by atoms with Gasteiger partial charge in [-0.25, -0.2) is 18.2 Å². The van der Waals surface area contributed by atoms with Crippen molar-refractivity contribution in [1.82, 2.24) is 34.1 Å². The van der Waals surface area contributed by atoms with E-state index < -0.39 is 96.9 Å². The van der Waals surface area contributed by atoms with Crippen molar-refractivity contribution < 1.29 is 85.2 Å². The van der Waals surface area contributed by atoms with E-state index in [1.807, 2.05) is 0 Å². The molecule has 0 saturated carbocycles. The van der Waals surface area contributed by atoms with E-state index in [1.54, 1.807) is 24.3 Å². The first-order valence-corrected chi connectivity index (χ1v) is 22.0. The minimum Gasteiger partial charge on any atom is -0.756 e. The molecule has 4 aromatic heterocycles. The zero-order valence-electron chi connectivity index (χ0n) is 30.4. The molecule has 0 spiro atoms. The van der Waals surface area contributed by atoms with Crippen molar-refractivity contribution >= 4 is 69.3 Å². The molecule has 0 aliphatic carbocycles. The predicted molar refractivity (Wildman–Crippen MR) is 193 cm³/mol. The van der Waals surface area contributed by atoms with Gasteiger partial charge in [0, 0.05) is 5.02 Å². The first-order valence-electron chi connectivity index (χ1n) is 17.2. The highest BCUT2D eigenvalue weighted by atomic mass is 35.5. The third-order valence-corrected chi connectivity index (χ3v) is 13.4. The topological polar surface area (TPSA) is 436 Å². The zero-order valence-corrected chi connectivity index (χ0v) is 33.8. The lowest BCUT2D eigenvalue weighted by molar-refractivity contribution is -0.746. The van der Waals surface area contributed by atoms with Crippen LogP contribution >= 0.6 is 35.1 Å². The quantitative estimate of drug-likeness (QED) is 0.0343. The van der Waals surface area contributed by atoms with Gasteiger partial charge in [0.1, 0.15) is 55.5 Å². The van der Waals surface area contributed by atoms with Gasteiger partial charge in [-0.05, 0) is 24.3 Å². The molecule has 2 aliphatic heterocycles. The van der Waals surface area contributed by atoms with Gasteiger partial charge in [0.25, 0.3) is 40.5 Å². The summed E-state index contributed by atoms with van der Waals surface area (Å²) in [4.78, 5) is 78.6. The first-order chi connectivity index (χ1) is 28.6. The second-order valence-electron chi connectivity index (χ2n) is 13.1. The molecule has 11 atom stereocenters. The largest absolute Gasteiger partial charge is 0.756 e. The highest BCUT2D eigenvalue weighted by molar-refractivity contribution is 7.65. The molecule has 10 N–H and O–H groups in total. The average molecular weight is 941 g/mol. The third-order valence-electron chi connectivity index (χ3n) is 8.97. The molecule has 61 heavy (non-hydrogen) atoms. The Morgan fingerprint density at radius 2 is 1.43 bits per heavy atom. The van der Waals surface area contributed by atoms with Crippen LogP contribution in [-0.2, 0) is 47.4 Å². The van der Waals surface area contributed by atoms with E-state index in [9.17, 15) is 58.4 Å². The van der Waals surface area contributed by atoms with E-state index in [-0.39, 0.29) is 47.4 Å². The van der Waals surface area contributed by atoms with Crippen LogP contribution in [0.1, 0.15) is 12.5 Å². The maximum absolute atomic E-state index is 12.9. The highest BCUT2D eigenvalue weighted by Crippen LogP contribution is 2.63. The van der Waals surface area contributed by atoms with Crippen molar-refractivity contribution in [2.24, 2.45) is 0 Å². The Balaban J connectivity index is 0.952. The van der Waals surface area contributed by atoms with Crippen molar-refractivity contribution in [3.8, 4) is 5.75 Å². The lowest BCUT2D eigenvalue weighted by Gasteiger charge is -2.34. The molecule has 332 valence electrons. The number of phosphoric ester groups is 2. The summed E-state index contributed by atoms with van der Waals surface area (Å²) in [5.74, 6) is -0.214. The Labute approximate surface area is 343 Å². The number of aromatic amines is 2. The van der Waals surface area contributed by atoms with Crippen LogP contribution in [0.15, 0.2) is 46.5 Å². The number of nitrogens with two attached hydrogens (primary N) is 2. The summed E-state index contributed by atoms with van der Waals surface area (Å²) < 4.78 is 74.1. The summed E-state index contributed by atoms with van der Waals surface area (Å²) in [6.45, 7) is -2.41. The Kier molecular flexibility index (Phi) is 12.6. The normalized spacial score (nSPS) is 27.3. The second kappa shape index (κ2) is 17.2. The Hall–Kier alpha value is -4.22. The molecule has 2 aliphatic rings. The molecule has 2 saturated heterocycles. The van der Waals surface area contributed by atoms with Gasteiger partial charge < -0.3 is 69.8 Å². The maximum Gasteiger partial charge on any atom is 0.313 e. The highest BCUT2D eigenvalue weighted by Gasteiger charge is 2.48. The standard InChI is InChI=1S/C28H34ClN10O19P3/c29-11-1-3-12(4-2-11)52-6-5-37-10-39(22-16(37)24(45)36-28(31)34-22)26-20(43)18(41)14(56-26)8-54-60(48,49)58-61(50,51)57-59(46,47)53-7-13-17(40)19(42)25(55-13)38-9-32-15-21(38)33-27(30)35-23(15)44/h1-4,9-10,13-14,17-20,25-26,40-43H,5-8H2,(H8-,30,31,33,34,35,36,44,45,46,47,48,49,50,51)/p-2/t13-,14-,17-,18-,19-,20+,25-,26-/m1/s1. The average Bonchev–Trinajstić information content (AvgIpc) is 3.89. The minimum atomic E-state index is -6.42. The number of nitrogen functional groups attached to an aromatic ring is 2. The molecular formula is C28H32ClN10O19P3-2. The summed E-state index contributed by atoms with van der Waals surface area (Å²) in [6, 6.07) is 6.42. The number of nitrogens with one attached hydrogen (secondary N) is 2. The van der Waals surface area contributed by atoms with Crippen LogP contribution in [-0.4, -0.2) is 111 Å². The smallest absolute Gasteiger partial charge is 0.313 e. The predicted octanol–water partition coefficient (Wildman–Crippen LogP) is -4.25. The number of fused-ring (bicyclic) bond motifs is 2. The lowest BCUT2D eigenvalue weighted by Crippen LogP contribution is -2.46. The van der Waals surface area contributed by atoms with Crippen molar-refractivity contribution in [3.63, 3.8) is 0 Å². The van der Waals surface area contributed by atoms with Crippen LogP contribution in [0.4, 0.5) is 11.9 Å². The molecule has 0 bridgehead atoms. The summed E-state index contributed by atoms with van der Waals surface area (Å²) in [5, 5.41) is 43.1.